The molecule has 1 aromatic carbocycles. The molecular weight excluding hydrogens is 370 g/mol. The van der Waals surface area contributed by atoms with Crippen LogP contribution in [0.5, 0.6) is 11.5 Å². The summed E-state index contributed by atoms with van der Waals surface area (Å²) in [5.74, 6) is 2.08. The van der Waals surface area contributed by atoms with E-state index in [4.69, 9.17) is 9.47 Å². The summed E-state index contributed by atoms with van der Waals surface area (Å²) >= 11 is 1.68. The van der Waals surface area contributed by atoms with Crippen molar-refractivity contribution in [1.82, 2.24) is 4.90 Å². The average Bonchev–Trinajstić information content (AvgIpc) is 3.37. The number of benzene rings is 1. The van der Waals surface area contributed by atoms with Crippen molar-refractivity contribution in [2.45, 2.75) is 64.1 Å². The zero-order chi connectivity index (χ0) is 19.3. The van der Waals surface area contributed by atoms with Crippen molar-refractivity contribution in [3.8, 4) is 11.5 Å². The number of ether oxygens (including phenoxy) is 2. The van der Waals surface area contributed by atoms with Crippen molar-refractivity contribution >= 4 is 17.2 Å². The van der Waals surface area contributed by atoms with Crippen molar-refractivity contribution in [2.24, 2.45) is 5.92 Å². The zero-order valence-electron chi connectivity index (χ0n) is 16.6. The van der Waals surface area contributed by atoms with E-state index >= 15 is 0 Å². The second-order valence-corrected chi connectivity index (χ2v) is 8.92. The average molecular weight is 400 g/mol. The van der Waals surface area contributed by atoms with Gasteiger partial charge in [0.2, 0.25) is 5.91 Å². The molecule has 0 bridgehead atoms. The third-order valence-corrected chi connectivity index (χ3v) is 6.88. The number of carbonyl (C=O) groups excluding carboxylic acids is 1. The topological polar surface area (TPSA) is 38.8 Å². The summed E-state index contributed by atoms with van der Waals surface area (Å²) in [6, 6.07) is 10.6. The van der Waals surface area contributed by atoms with E-state index in [0.29, 0.717) is 25.1 Å². The van der Waals surface area contributed by atoms with Gasteiger partial charge in [0, 0.05) is 23.4 Å². The van der Waals surface area contributed by atoms with Crippen LogP contribution in [0.4, 0.5) is 0 Å². The predicted molar refractivity (Wildman–Crippen MR) is 112 cm³/mol. The van der Waals surface area contributed by atoms with Gasteiger partial charge in [-0.3, -0.25) is 4.79 Å². The summed E-state index contributed by atoms with van der Waals surface area (Å²) in [6.45, 7) is 1.20. The molecule has 2 fully saturated rings. The Labute approximate surface area is 171 Å². The van der Waals surface area contributed by atoms with Crippen LogP contribution in [-0.4, -0.2) is 24.0 Å². The summed E-state index contributed by atoms with van der Waals surface area (Å²) in [5, 5.41) is 2.05. The van der Waals surface area contributed by atoms with Crippen LogP contribution in [-0.2, 0) is 17.9 Å². The lowest BCUT2D eigenvalue weighted by molar-refractivity contribution is -0.141. The van der Waals surface area contributed by atoms with E-state index in [1.165, 1.54) is 24.1 Å². The van der Waals surface area contributed by atoms with Crippen LogP contribution in [0.1, 0.15) is 55.4 Å². The minimum absolute atomic E-state index is 0.244. The third-order valence-electron chi connectivity index (χ3n) is 6.03. The van der Waals surface area contributed by atoms with E-state index in [-0.39, 0.29) is 5.92 Å². The Balaban J connectivity index is 1.50. The molecule has 4 nitrogen and oxygen atoms in total. The highest BCUT2D eigenvalue weighted by atomic mass is 32.1. The van der Waals surface area contributed by atoms with E-state index < -0.39 is 0 Å². The second-order valence-electron chi connectivity index (χ2n) is 7.89. The molecule has 1 heterocycles. The van der Waals surface area contributed by atoms with Gasteiger partial charge in [0.15, 0.2) is 11.5 Å². The van der Waals surface area contributed by atoms with Crippen LogP contribution in [0.25, 0.3) is 0 Å². The van der Waals surface area contributed by atoms with Gasteiger partial charge in [0.05, 0.1) is 7.11 Å². The largest absolute Gasteiger partial charge is 0.493 e. The van der Waals surface area contributed by atoms with E-state index in [9.17, 15) is 4.79 Å². The standard InChI is InChI=1S/C23H29NO3S/c1-26-21-12-11-17(14-22(21)27-16-20-10-5-13-28-20)15-24(19-8-2-3-9-19)23(25)18-6-4-7-18/h5,10-14,18-19H,2-4,6-9,15-16H2,1H3. The van der Waals surface area contributed by atoms with Crippen LogP contribution >= 0.6 is 11.3 Å². The van der Waals surface area contributed by atoms with Gasteiger partial charge in [0.1, 0.15) is 6.61 Å². The first kappa shape index (κ1) is 19.3. The number of methoxy groups -OCH3 is 1. The molecule has 4 rings (SSSR count). The molecule has 5 heteroatoms. The number of amides is 1. The first-order valence-electron chi connectivity index (χ1n) is 10.4. The van der Waals surface area contributed by atoms with Crippen molar-refractivity contribution in [3.63, 3.8) is 0 Å². The summed E-state index contributed by atoms with van der Waals surface area (Å²) in [7, 11) is 1.66. The van der Waals surface area contributed by atoms with Gasteiger partial charge >= 0.3 is 0 Å². The van der Waals surface area contributed by atoms with Gasteiger partial charge in [-0.05, 0) is 54.8 Å². The van der Waals surface area contributed by atoms with Crippen molar-refractivity contribution in [1.29, 1.82) is 0 Å². The molecule has 1 amide bonds. The fourth-order valence-electron chi connectivity index (χ4n) is 4.17. The fraction of sp³-hybridized carbons (Fsp3) is 0.522. The summed E-state index contributed by atoms with van der Waals surface area (Å²) in [4.78, 5) is 16.4. The molecular formula is C23H29NO3S. The van der Waals surface area contributed by atoms with Gasteiger partial charge in [-0.15, -0.1) is 11.3 Å². The van der Waals surface area contributed by atoms with Crippen LogP contribution in [0.15, 0.2) is 35.7 Å². The number of nitrogens with zero attached hydrogens (tertiary/aromatic N) is 1. The lowest BCUT2D eigenvalue weighted by Gasteiger charge is -2.35. The first-order chi connectivity index (χ1) is 13.7. The Morgan fingerprint density at radius 1 is 1.11 bits per heavy atom. The number of hydrogen-bond donors (Lipinski definition) is 0. The smallest absolute Gasteiger partial charge is 0.226 e. The molecule has 28 heavy (non-hydrogen) atoms. The van der Waals surface area contributed by atoms with Gasteiger partial charge in [0.25, 0.3) is 0 Å². The van der Waals surface area contributed by atoms with E-state index in [2.05, 4.69) is 22.4 Å². The minimum Gasteiger partial charge on any atom is -0.493 e. The molecule has 1 aromatic heterocycles. The fourth-order valence-corrected chi connectivity index (χ4v) is 4.78. The summed E-state index contributed by atoms with van der Waals surface area (Å²) < 4.78 is 11.5. The zero-order valence-corrected chi connectivity index (χ0v) is 17.4. The maximum Gasteiger partial charge on any atom is 0.226 e. The third kappa shape index (κ3) is 4.35. The lowest BCUT2D eigenvalue weighted by atomic mass is 9.84. The number of hydrogen-bond acceptors (Lipinski definition) is 4. The molecule has 0 radical (unpaired) electrons. The molecule has 0 spiro atoms. The molecule has 2 aliphatic rings. The molecule has 2 aromatic rings. The van der Waals surface area contributed by atoms with Crippen molar-refractivity contribution < 1.29 is 14.3 Å². The molecule has 0 unspecified atom stereocenters. The molecule has 0 N–H and O–H groups in total. The number of thiophene rings is 1. The van der Waals surface area contributed by atoms with E-state index in [0.717, 1.165) is 42.7 Å². The molecule has 150 valence electrons. The van der Waals surface area contributed by atoms with Gasteiger partial charge in [-0.25, -0.2) is 0 Å². The maximum absolute atomic E-state index is 13.1. The Morgan fingerprint density at radius 3 is 2.57 bits per heavy atom. The summed E-state index contributed by atoms with van der Waals surface area (Å²) in [5.41, 5.74) is 1.11. The first-order valence-corrected chi connectivity index (χ1v) is 11.2. The lowest BCUT2D eigenvalue weighted by Crippen LogP contribution is -2.43. The number of rotatable bonds is 8. The molecule has 0 atom stereocenters. The minimum atomic E-state index is 0.244. The van der Waals surface area contributed by atoms with Gasteiger partial charge < -0.3 is 14.4 Å². The highest BCUT2D eigenvalue weighted by Crippen LogP contribution is 2.34. The van der Waals surface area contributed by atoms with Gasteiger partial charge in [-0.1, -0.05) is 31.4 Å². The SMILES string of the molecule is COc1ccc(CN(C(=O)C2CCC2)C2CCCC2)cc1OCc1cccs1. The van der Waals surface area contributed by atoms with Crippen LogP contribution in [0.3, 0.4) is 0 Å². The Morgan fingerprint density at radius 2 is 1.93 bits per heavy atom. The normalized spacial score (nSPS) is 17.3. The molecule has 0 saturated heterocycles. The number of carbonyl (C=O) groups is 1. The van der Waals surface area contributed by atoms with Crippen LogP contribution in [0.2, 0.25) is 0 Å². The quantitative estimate of drug-likeness (QED) is 0.596. The molecule has 2 aliphatic carbocycles. The van der Waals surface area contributed by atoms with Crippen molar-refractivity contribution in [2.75, 3.05) is 7.11 Å². The predicted octanol–water partition coefficient (Wildman–Crippen LogP) is 5.41. The van der Waals surface area contributed by atoms with Crippen LogP contribution in [0, 0.1) is 5.92 Å². The Kier molecular flexibility index (Phi) is 6.20. The Hall–Kier alpha value is -2.01. The highest BCUT2D eigenvalue weighted by Gasteiger charge is 2.34. The summed E-state index contributed by atoms with van der Waals surface area (Å²) in [6.07, 6.45) is 8.04. The molecule has 0 aliphatic heterocycles. The monoisotopic (exact) mass is 399 g/mol. The van der Waals surface area contributed by atoms with Gasteiger partial charge in [-0.2, -0.15) is 0 Å². The van der Waals surface area contributed by atoms with Crippen molar-refractivity contribution in [3.05, 3.63) is 46.2 Å². The van der Waals surface area contributed by atoms with E-state index in [1.807, 2.05) is 18.2 Å². The highest BCUT2D eigenvalue weighted by molar-refractivity contribution is 7.09. The maximum atomic E-state index is 13.1. The van der Waals surface area contributed by atoms with E-state index in [1.54, 1.807) is 18.4 Å². The molecule has 2 saturated carbocycles. The Bertz CT molecular complexity index is 779. The second kappa shape index (κ2) is 8.99. The van der Waals surface area contributed by atoms with Crippen LogP contribution < -0.4 is 9.47 Å².